The van der Waals surface area contributed by atoms with E-state index in [4.69, 9.17) is 11.6 Å². The third-order valence-electron chi connectivity index (χ3n) is 4.08. The Morgan fingerprint density at radius 1 is 1.29 bits per heavy atom. The number of rotatable bonds is 4. The molecule has 0 bridgehead atoms. The number of nitrogens with one attached hydrogen (secondary N) is 1. The summed E-state index contributed by atoms with van der Waals surface area (Å²) >= 11 is 6.94. The Morgan fingerprint density at radius 3 is 2.50 bits per heavy atom. The van der Waals surface area contributed by atoms with Gasteiger partial charge in [-0.1, -0.05) is 35.1 Å². The van der Waals surface area contributed by atoms with Crippen molar-refractivity contribution >= 4 is 38.9 Å². The van der Waals surface area contributed by atoms with Crippen molar-refractivity contribution in [2.45, 2.75) is 44.7 Å². The third-order valence-corrected chi connectivity index (χ3v) is 7.10. The number of alkyl halides is 3. The molecule has 4 nitrogen and oxygen atoms in total. The van der Waals surface area contributed by atoms with E-state index in [0.29, 0.717) is 21.4 Å². The lowest BCUT2D eigenvalue weighted by Gasteiger charge is -2.25. The molecular weight excluding hydrogens is 431 g/mol. The Labute approximate surface area is 172 Å². The molecule has 1 aromatic carbocycles. The molecule has 0 saturated carbocycles. The molecule has 2 heterocycles. The normalized spacial score (nSPS) is 15.1. The number of aromatic nitrogens is 2. The van der Waals surface area contributed by atoms with Gasteiger partial charge in [-0.15, -0.1) is 0 Å². The van der Waals surface area contributed by atoms with E-state index < -0.39 is 28.0 Å². The summed E-state index contributed by atoms with van der Waals surface area (Å²) < 4.78 is 56.5. The third kappa shape index (κ3) is 4.27. The van der Waals surface area contributed by atoms with Crippen LogP contribution in [0.15, 0.2) is 30.5 Å². The minimum Gasteiger partial charge on any atom is -0.294 e. The molecule has 1 N–H and O–H groups in total. The Morgan fingerprint density at radius 2 is 1.96 bits per heavy atom. The number of imidazole rings is 1. The fourth-order valence-electron chi connectivity index (χ4n) is 2.57. The molecule has 3 rings (SSSR count). The number of benzene rings is 1. The molecule has 10 heteroatoms. The van der Waals surface area contributed by atoms with E-state index in [2.05, 4.69) is 9.71 Å². The minimum absolute atomic E-state index is 0.0465. The zero-order chi connectivity index (χ0) is 20.9. The number of nitrogens with zero attached hydrogens (tertiary/aromatic N) is 2. The van der Waals surface area contributed by atoms with Gasteiger partial charge in [0, 0.05) is 22.5 Å². The Bertz CT molecular complexity index is 1040. The van der Waals surface area contributed by atoms with Crippen molar-refractivity contribution in [3.05, 3.63) is 46.1 Å². The summed E-state index contributed by atoms with van der Waals surface area (Å²) in [5.41, 5.74) is 1.81. The molecule has 152 valence electrons. The lowest BCUT2D eigenvalue weighted by atomic mass is 10.2. The van der Waals surface area contributed by atoms with Crippen molar-refractivity contribution in [2.75, 3.05) is 0 Å². The van der Waals surface area contributed by atoms with E-state index in [0.717, 1.165) is 16.9 Å². The maximum Gasteiger partial charge on any atom is 0.409 e. The molecule has 0 aliphatic rings. The number of halogens is 4. The van der Waals surface area contributed by atoms with Crippen LogP contribution in [-0.4, -0.2) is 24.5 Å². The van der Waals surface area contributed by atoms with Gasteiger partial charge in [0.2, 0.25) is 0 Å². The molecule has 28 heavy (non-hydrogen) atoms. The first-order chi connectivity index (χ1) is 12.9. The molecule has 0 aliphatic heterocycles. The highest BCUT2D eigenvalue weighted by atomic mass is 35.5. The molecule has 0 unspecified atom stereocenters. The van der Waals surface area contributed by atoms with Gasteiger partial charge in [-0.3, -0.25) is 4.40 Å². The van der Waals surface area contributed by atoms with Crippen LogP contribution < -0.4 is 4.72 Å². The average molecular weight is 450 g/mol. The maximum absolute atomic E-state index is 13.7. The highest BCUT2D eigenvalue weighted by Crippen LogP contribution is 2.40. The first kappa shape index (κ1) is 21.3. The van der Waals surface area contributed by atoms with Crippen LogP contribution in [0.4, 0.5) is 13.2 Å². The van der Waals surface area contributed by atoms with Gasteiger partial charge in [-0.2, -0.15) is 13.2 Å². The van der Waals surface area contributed by atoms with Crippen LogP contribution in [0.3, 0.4) is 0 Å². The van der Waals surface area contributed by atoms with E-state index in [-0.39, 0.29) is 4.88 Å². The second-order valence-electron chi connectivity index (χ2n) is 7.31. The molecule has 2 atom stereocenters. The van der Waals surface area contributed by atoms with Gasteiger partial charge < -0.3 is 0 Å². The number of fused-ring (bicyclic) bond motifs is 1. The second-order valence-corrected chi connectivity index (χ2v) is 10.8. The first-order valence-electron chi connectivity index (χ1n) is 8.37. The monoisotopic (exact) mass is 449 g/mol. The topological polar surface area (TPSA) is 46.4 Å². The van der Waals surface area contributed by atoms with E-state index in [1.807, 2.05) is 6.07 Å². The fourth-order valence-corrected chi connectivity index (χ4v) is 4.84. The van der Waals surface area contributed by atoms with Crippen molar-refractivity contribution in [2.24, 2.45) is 0 Å². The van der Waals surface area contributed by atoms with Crippen molar-refractivity contribution < 1.29 is 17.4 Å². The molecule has 0 spiro atoms. The van der Waals surface area contributed by atoms with Gasteiger partial charge >= 0.3 is 6.18 Å². The quantitative estimate of drug-likeness (QED) is 0.557. The first-order valence-corrected chi connectivity index (χ1v) is 10.7. The molecule has 0 saturated heterocycles. The van der Waals surface area contributed by atoms with Gasteiger partial charge in [0.05, 0.1) is 26.3 Å². The van der Waals surface area contributed by atoms with Crippen LogP contribution in [-0.2, 0) is 11.0 Å². The smallest absolute Gasteiger partial charge is 0.294 e. The second kappa shape index (κ2) is 7.44. The van der Waals surface area contributed by atoms with Crippen LogP contribution in [0.2, 0.25) is 5.02 Å². The highest BCUT2D eigenvalue weighted by Gasteiger charge is 2.45. The number of aryl methyl sites for hydroxylation is 1. The van der Waals surface area contributed by atoms with E-state index >= 15 is 0 Å². The summed E-state index contributed by atoms with van der Waals surface area (Å²) in [6.45, 7) is 6.46. The van der Waals surface area contributed by atoms with E-state index in [1.165, 1.54) is 0 Å². The van der Waals surface area contributed by atoms with Crippen molar-refractivity contribution in [3.63, 3.8) is 0 Å². The molecular formula is C18H19ClF3N3OS2. The van der Waals surface area contributed by atoms with Gasteiger partial charge in [0.25, 0.3) is 0 Å². The Hall–Kier alpha value is -1.42. The van der Waals surface area contributed by atoms with Crippen molar-refractivity contribution in [3.8, 4) is 11.3 Å². The minimum atomic E-state index is -4.59. The lowest BCUT2D eigenvalue weighted by molar-refractivity contribution is -0.152. The van der Waals surface area contributed by atoms with Crippen LogP contribution >= 0.6 is 22.9 Å². The summed E-state index contributed by atoms with van der Waals surface area (Å²) in [5, 5.41) is 0.553. The van der Waals surface area contributed by atoms with Crippen LogP contribution in [0, 0.1) is 6.92 Å². The van der Waals surface area contributed by atoms with Crippen molar-refractivity contribution in [1.82, 2.24) is 14.1 Å². The van der Waals surface area contributed by atoms with Gasteiger partial charge in [-0.25, -0.2) is 13.9 Å². The summed E-state index contributed by atoms with van der Waals surface area (Å²) in [4.78, 5) is 4.93. The van der Waals surface area contributed by atoms with Gasteiger partial charge in [-0.05, 0) is 39.8 Å². The molecule has 2 aromatic heterocycles. The SMILES string of the molecule is Cc1c([C@H](N[S@@](=O)C(C)(C)C)C(F)(F)F)sc2nc(-c3cccc(Cl)c3)cn12. The standard InChI is InChI=1S/C18H19ClF3N3OS2/c1-10-14(15(18(20,21)22)24-28(26)17(2,3)4)27-16-23-13(9-25(10)16)11-6-5-7-12(19)8-11/h5-9,15,24H,1-4H3/t15-,28-/m0/s1. The molecule has 3 aromatic rings. The molecule has 0 radical (unpaired) electrons. The van der Waals surface area contributed by atoms with Crippen LogP contribution in [0.25, 0.3) is 16.2 Å². The number of hydrogen-bond acceptors (Lipinski definition) is 3. The van der Waals surface area contributed by atoms with E-state index in [1.54, 1.807) is 56.5 Å². The zero-order valence-electron chi connectivity index (χ0n) is 15.6. The zero-order valence-corrected chi connectivity index (χ0v) is 18.0. The molecule has 0 fully saturated rings. The van der Waals surface area contributed by atoms with Gasteiger partial charge in [0.15, 0.2) is 11.0 Å². The van der Waals surface area contributed by atoms with Crippen LogP contribution in [0.1, 0.15) is 37.4 Å². The summed E-state index contributed by atoms with van der Waals surface area (Å²) in [6, 6.07) is 5.07. The molecule has 0 amide bonds. The lowest BCUT2D eigenvalue weighted by Crippen LogP contribution is -2.41. The number of hydrogen-bond donors (Lipinski definition) is 1. The summed E-state index contributed by atoms with van der Waals surface area (Å²) in [5.74, 6) is 0. The Kier molecular flexibility index (Phi) is 5.66. The summed E-state index contributed by atoms with van der Waals surface area (Å²) in [7, 11) is -1.88. The predicted molar refractivity (Wildman–Crippen MR) is 108 cm³/mol. The molecule has 0 aliphatic carbocycles. The van der Waals surface area contributed by atoms with Crippen LogP contribution in [0.5, 0.6) is 0 Å². The van der Waals surface area contributed by atoms with Crippen molar-refractivity contribution in [1.29, 1.82) is 0 Å². The van der Waals surface area contributed by atoms with Gasteiger partial charge in [0.1, 0.15) is 0 Å². The summed E-state index contributed by atoms with van der Waals surface area (Å²) in [6.07, 6.45) is -2.91. The average Bonchev–Trinajstić information content (AvgIpc) is 3.10. The Balaban J connectivity index is 2.03. The fraction of sp³-hybridized carbons (Fsp3) is 0.389. The largest absolute Gasteiger partial charge is 0.409 e. The maximum atomic E-state index is 13.7. The highest BCUT2D eigenvalue weighted by molar-refractivity contribution is 7.84. The predicted octanol–water partition coefficient (Wildman–Crippen LogP) is 5.68. The van der Waals surface area contributed by atoms with E-state index in [9.17, 15) is 17.4 Å². The number of thiazole rings is 1.